The van der Waals surface area contributed by atoms with E-state index >= 15 is 0 Å². The van der Waals surface area contributed by atoms with Gasteiger partial charge in [0.15, 0.2) is 0 Å². The molecule has 7 nitrogen and oxygen atoms in total. The molecular weight excluding hydrogens is 344 g/mol. The predicted molar refractivity (Wildman–Crippen MR) is 94.9 cm³/mol. The van der Waals surface area contributed by atoms with Gasteiger partial charge in [-0.2, -0.15) is 5.10 Å². The molecule has 0 fully saturated rings. The molecule has 1 amide bonds. The molecule has 0 aliphatic carbocycles. The Kier molecular flexibility index (Phi) is 6.97. The van der Waals surface area contributed by atoms with Gasteiger partial charge in [-0.3, -0.25) is 4.79 Å². The zero-order valence-electron chi connectivity index (χ0n) is 14.2. The minimum Gasteiger partial charge on any atom is -0.462 e. The van der Waals surface area contributed by atoms with Crippen LogP contribution in [0, 0.1) is 0 Å². The molecule has 2 rings (SSSR count). The molecule has 2 N–H and O–H groups in total. The van der Waals surface area contributed by atoms with Crippen molar-refractivity contribution in [2.24, 2.45) is 0 Å². The van der Waals surface area contributed by atoms with Crippen LogP contribution in [0.1, 0.15) is 29.9 Å². The second kappa shape index (κ2) is 9.19. The molecule has 0 aliphatic heterocycles. The van der Waals surface area contributed by atoms with Gasteiger partial charge in [0.1, 0.15) is 5.56 Å². The highest BCUT2D eigenvalue weighted by atomic mass is 35.5. The van der Waals surface area contributed by atoms with Crippen LogP contribution in [-0.4, -0.2) is 41.4 Å². The maximum Gasteiger partial charge on any atom is 0.341 e. The van der Waals surface area contributed by atoms with Crippen LogP contribution in [0.4, 0.5) is 0 Å². The average Bonchev–Trinajstić information content (AvgIpc) is 2.98. The summed E-state index contributed by atoms with van der Waals surface area (Å²) in [5.41, 5.74) is 1.71. The summed E-state index contributed by atoms with van der Waals surface area (Å²) in [5, 5.41) is 10.7. The normalized spacial score (nSPS) is 10.5. The summed E-state index contributed by atoms with van der Waals surface area (Å²) in [6, 6.07) is 7.26. The summed E-state index contributed by atoms with van der Waals surface area (Å²) >= 11 is 6.25. The summed E-state index contributed by atoms with van der Waals surface area (Å²) < 4.78 is 6.72. The van der Waals surface area contributed by atoms with Gasteiger partial charge >= 0.3 is 5.97 Å². The SMILES string of the molecule is CCOC(=O)c1cnn(-c2ccccc2Cl)c1CNCCNC(C)=O. The van der Waals surface area contributed by atoms with Gasteiger partial charge in [0.25, 0.3) is 0 Å². The van der Waals surface area contributed by atoms with Crippen molar-refractivity contribution in [1.82, 2.24) is 20.4 Å². The van der Waals surface area contributed by atoms with Crippen LogP contribution in [0.2, 0.25) is 5.02 Å². The van der Waals surface area contributed by atoms with Crippen molar-refractivity contribution in [2.45, 2.75) is 20.4 Å². The van der Waals surface area contributed by atoms with Crippen molar-refractivity contribution in [3.8, 4) is 5.69 Å². The molecule has 0 saturated heterocycles. The fourth-order valence-corrected chi connectivity index (χ4v) is 2.50. The van der Waals surface area contributed by atoms with E-state index in [1.807, 2.05) is 18.2 Å². The van der Waals surface area contributed by atoms with Gasteiger partial charge in [-0.1, -0.05) is 23.7 Å². The molecule has 0 radical (unpaired) electrons. The number of esters is 1. The van der Waals surface area contributed by atoms with Crippen LogP contribution < -0.4 is 10.6 Å². The number of hydrogen-bond donors (Lipinski definition) is 2. The van der Waals surface area contributed by atoms with Crippen molar-refractivity contribution < 1.29 is 14.3 Å². The van der Waals surface area contributed by atoms with E-state index in [1.54, 1.807) is 17.7 Å². The Morgan fingerprint density at radius 1 is 1.28 bits per heavy atom. The molecule has 2 aromatic rings. The lowest BCUT2D eigenvalue weighted by atomic mass is 10.2. The van der Waals surface area contributed by atoms with Crippen LogP contribution >= 0.6 is 11.6 Å². The molecule has 1 heterocycles. The van der Waals surface area contributed by atoms with E-state index in [4.69, 9.17) is 16.3 Å². The number of halogens is 1. The number of carbonyl (C=O) groups is 2. The lowest BCUT2D eigenvalue weighted by molar-refractivity contribution is -0.118. The van der Waals surface area contributed by atoms with E-state index in [-0.39, 0.29) is 12.5 Å². The van der Waals surface area contributed by atoms with Gasteiger partial charge < -0.3 is 15.4 Å². The van der Waals surface area contributed by atoms with Gasteiger partial charge in [-0.05, 0) is 19.1 Å². The third-order valence-electron chi connectivity index (χ3n) is 3.41. The molecule has 0 unspecified atom stereocenters. The van der Waals surface area contributed by atoms with Gasteiger partial charge in [0.2, 0.25) is 5.91 Å². The van der Waals surface area contributed by atoms with Crippen LogP contribution in [0.25, 0.3) is 5.69 Å². The molecule has 8 heteroatoms. The Labute approximate surface area is 151 Å². The van der Waals surface area contributed by atoms with E-state index < -0.39 is 5.97 Å². The molecule has 25 heavy (non-hydrogen) atoms. The number of hydrogen-bond acceptors (Lipinski definition) is 5. The topological polar surface area (TPSA) is 85.2 Å². The molecule has 1 aromatic carbocycles. The first kappa shape index (κ1) is 19.0. The van der Waals surface area contributed by atoms with Crippen molar-refractivity contribution in [3.63, 3.8) is 0 Å². The fraction of sp³-hybridized carbons (Fsp3) is 0.353. The number of aromatic nitrogens is 2. The first-order chi connectivity index (χ1) is 12.0. The Bertz CT molecular complexity index is 745. The Morgan fingerprint density at radius 3 is 2.72 bits per heavy atom. The van der Waals surface area contributed by atoms with E-state index in [0.29, 0.717) is 41.6 Å². The van der Waals surface area contributed by atoms with E-state index in [9.17, 15) is 9.59 Å². The molecule has 0 spiro atoms. The summed E-state index contributed by atoms with van der Waals surface area (Å²) in [6.45, 7) is 4.91. The molecule has 1 aromatic heterocycles. The number of amides is 1. The summed E-state index contributed by atoms with van der Waals surface area (Å²) in [6.07, 6.45) is 1.48. The number of rotatable bonds is 8. The first-order valence-electron chi connectivity index (χ1n) is 7.98. The van der Waals surface area contributed by atoms with Crippen LogP contribution in [0.3, 0.4) is 0 Å². The molecular formula is C17H21ClN4O3. The number of nitrogens with one attached hydrogen (secondary N) is 2. The Hall–Kier alpha value is -2.38. The standard InChI is InChI=1S/C17H21ClN4O3/c1-3-25-17(24)13-10-21-22(15-7-5-4-6-14(15)18)16(13)11-19-8-9-20-12(2)23/h4-7,10,19H,3,8-9,11H2,1-2H3,(H,20,23). The average molecular weight is 365 g/mol. The van der Waals surface area contributed by atoms with Gasteiger partial charge in [-0.15, -0.1) is 0 Å². The monoisotopic (exact) mass is 364 g/mol. The summed E-state index contributed by atoms with van der Waals surface area (Å²) in [7, 11) is 0. The summed E-state index contributed by atoms with van der Waals surface area (Å²) in [5.74, 6) is -0.519. The van der Waals surface area contributed by atoms with Gasteiger partial charge in [-0.25, -0.2) is 9.48 Å². The predicted octanol–water partition coefficient (Wildman–Crippen LogP) is 1.93. The fourth-order valence-electron chi connectivity index (χ4n) is 2.29. The number of carbonyl (C=O) groups excluding carboxylic acids is 2. The van der Waals surface area contributed by atoms with E-state index in [1.165, 1.54) is 13.1 Å². The van der Waals surface area contributed by atoms with Gasteiger partial charge in [0.05, 0.1) is 29.2 Å². The second-order valence-corrected chi connectivity index (χ2v) is 5.66. The maximum atomic E-state index is 12.2. The highest BCUT2D eigenvalue weighted by Gasteiger charge is 2.20. The van der Waals surface area contributed by atoms with Crippen molar-refractivity contribution in [1.29, 1.82) is 0 Å². The third kappa shape index (κ3) is 5.04. The molecule has 0 bridgehead atoms. The zero-order chi connectivity index (χ0) is 18.2. The van der Waals surface area contributed by atoms with Crippen molar-refractivity contribution >= 4 is 23.5 Å². The minimum absolute atomic E-state index is 0.0879. The van der Waals surface area contributed by atoms with E-state index in [0.717, 1.165) is 0 Å². The van der Waals surface area contributed by atoms with Gasteiger partial charge in [0, 0.05) is 26.6 Å². The Balaban J connectivity index is 2.23. The number of para-hydroxylation sites is 1. The van der Waals surface area contributed by atoms with Crippen LogP contribution in [0.5, 0.6) is 0 Å². The van der Waals surface area contributed by atoms with Crippen molar-refractivity contribution in [2.75, 3.05) is 19.7 Å². The van der Waals surface area contributed by atoms with Crippen molar-refractivity contribution in [3.05, 3.63) is 46.7 Å². The minimum atomic E-state index is -0.431. The highest BCUT2D eigenvalue weighted by molar-refractivity contribution is 6.32. The smallest absolute Gasteiger partial charge is 0.341 e. The largest absolute Gasteiger partial charge is 0.462 e. The number of ether oxygens (including phenoxy) is 1. The second-order valence-electron chi connectivity index (χ2n) is 5.25. The maximum absolute atomic E-state index is 12.2. The van der Waals surface area contributed by atoms with E-state index in [2.05, 4.69) is 15.7 Å². The van der Waals surface area contributed by atoms with Crippen LogP contribution in [-0.2, 0) is 16.1 Å². The molecule has 0 atom stereocenters. The third-order valence-corrected chi connectivity index (χ3v) is 3.73. The molecule has 0 aliphatic rings. The highest BCUT2D eigenvalue weighted by Crippen LogP contribution is 2.23. The number of benzene rings is 1. The first-order valence-corrected chi connectivity index (χ1v) is 8.36. The summed E-state index contributed by atoms with van der Waals surface area (Å²) in [4.78, 5) is 23.1. The lowest BCUT2D eigenvalue weighted by Crippen LogP contribution is -2.30. The Morgan fingerprint density at radius 2 is 2.04 bits per heavy atom. The van der Waals surface area contributed by atoms with Crippen LogP contribution in [0.15, 0.2) is 30.5 Å². The quantitative estimate of drug-likeness (QED) is 0.552. The zero-order valence-corrected chi connectivity index (χ0v) is 15.0. The number of nitrogens with zero attached hydrogens (tertiary/aromatic N) is 2. The molecule has 0 saturated carbocycles. The molecule has 134 valence electrons. The lowest BCUT2D eigenvalue weighted by Gasteiger charge is -2.12.